The minimum atomic E-state index is -4.43. The first-order valence-corrected chi connectivity index (χ1v) is 25.9. The topological polar surface area (TPSA) is 131 Å². The summed E-state index contributed by atoms with van der Waals surface area (Å²) >= 11 is 0. The molecule has 0 saturated carbocycles. The van der Waals surface area contributed by atoms with E-state index in [1.165, 1.54) is 96.3 Å². The molecule has 2 unspecified atom stereocenters. The van der Waals surface area contributed by atoms with Crippen molar-refractivity contribution in [2.75, 3.05) is 26.4 Å². The Balaban J connectivity index is 3.63. The van der Waals surface area contributed by atoms with E-state index in [1.807, 2.05) is 0 Å². The molecule has 0 aromatic heterocycles. The molecule has 0 spiro atoms. The van der Waals surface area contributed by atoms with Gasteiger partial charge in [-0.05, 0) is 89.9 Å². The molecule has 61 heavy (non-hydrogen) atoms. The van der Waals surface area contributed by atoms with Crippen LogP contribution in [0.3, 0.4) is 0 Å². The van der Waals surface area contributed by atoms with Crippen molar-refractivity contribution in [3.63, 3.8) is 0 Å². The number of amides is 1. The van der Waals surface area contributed by atoms with Gasteiger partial charge in [0.2, 0.25) is 5.91 Å². The number of allylic oxidation sites excluding steroid dienone is 12. The number of hydrogen-bond donors (Lipinski definition) is 3. The number of esters is 1. The van der Waals surface area contributed by atoms with Gasteiger partial charge in [0.05, 0.1) is 13.2 Å². The third-order valence-electron chi connectivity index (χ3n) is 10.1. The summed E-state index contributed by atoms with van der Waals surface area (Å²) in [7, 11) is -4.43. The summed E-state index contributed by atoms with van der Waals surface area (Å²) in [5.41, 5.74) is 0. The van der Waals surface area contributed by atoms with Crippen molar-refractivity contribution in [1.82, 2.24) is 5.32 Å². The van der Waals surface area contributed by atoms with E-state index in [-0.39, 0.29) is 32.1 Å². The van der Waals surface area contributed by atoms with E-state index >= 15 is 0 Å². The van der Waals surface area contributed by atoms with Gasteiger partial charge in [-0.15, -0.1) is 0 Å². The van der Waals surface area contributed by atoms with Crippen molar-refractivity contribution < 1.29 is 37.9 Å². The van der Waals surface area contributed by atoms with Crippen LogP contribution in [0.2, 0.25) is 0 Å². The van der Waals surface area contributed by atoms with Gasteiger partial charge in [0, 0.05) is 19.4 Å². The monoisotopic (exact) mass is 876 g/mol. The number of ether oxygens (including phenoxy) is 1. The summed E-state index contributed by atoms with van der Waals surface area (Å²) in [6.07, 6.45) is 58.3. The number of carbonyl (C=O) groups excluding carboxylic acids is 2. The number of carbonyl (C=O) groups is 2. The van der Waals surface area contributed by atoms with Crippen LogP contribution in [0, 0.1) is 0 Å². The highest BCUT2D eigenvalue weighted by Gasteiger charge is 2.23. The molecule has 10 heteroatoms. The van der Waals surface area contributed by atoms with Gasteiger partial charge in [0.25, 0.3) is 0 Å². The molecule has 0 aromatic rings. The third-order valence-corrected chi connectivity index (χ3v) is 11.1. The Bertz CT molecular complexity index is 1230. The van der Waals surface area contributed by atoms with Gasteiger partial charge < -0.3 is 20.1 Å². The fourth-order valence-electron chi connectivity index (χ4n) is 6.39. The predicted molar refractivity (Wildman–Crippen MR) is 256 cm³/mol. The number of aliphatic hydroxyl groups is 1. The Kier molecular flexibility index (Phi) is 45.0. The Hall–Kier alpha value is -2.55. The molecule has 352 valence electrons. The van der Waals surface area contributed by atoms with Gasteiger partial charge in [-0.25, -0.2) is 4.57 Å². The van der Waals surface area contributed by atoms with Gasteiger partial charge in [-0.2, -0.15) is 0 Å². The highest BCUT2D eigenvalue weighted by Crippen LogP contribution is 2.42. The minimum absolute atomic E-state index is 0.0737. The molecule has 0 aliphatic rings. The van der Waals surface area contributed by atoms with Crippen molar-refractivity contribution in [3.05, 3.63) is 72.9 Å². The zero-order valence-corrected chi connectivity index (χ0v) is 39.7. The van der Waals surface area contributed by atoms with Crippen LogP contribution in [0.5, 0.6) is 0 Å². The molecule has 0 radical (unpaired) electrons. The van der Waals surface area contributed by atoms with E-state index in [9.17, 15) is 24.2 Å². The van der Waals surface area contributed by atoms with E-state index < -0.39 is 26.5 Å². The molecule has 0 rings (SSSR count). The number of unbranched alkanes of at least 4 members (excludes halogenated alkanes) is 20. The molecule has 3 N–H and O–H groups in total. The second-order valence-corrected chi connectivity index (χ2v) is 17.5. The van der Waals surface area contributed by atoms with E-state index in [2.05, 4.69) is 92.1 Å². The van der Waals surface area contributed by atoms with Crippen LogP contribution in [0.15, 0.2) is 72.9 Å². The van der Waals surface area contributed by atoms with Crippen LogP contribution in [0.25, 0.3) is 0 Å². The second kappa shape index (κ2) is 46.9. The van der Waals surface area contributed by atoms with Crippen molar-refractivity contribution in [2.45, 2.75) is 213 Å². The van der Waals surface area contributed by atoms with Crippen LogP contribution in [0.1, 0.15) is 206 Å². The van der Waals surface area contributed by atoms with E-state index in [0.29, 0.717) is 12.8 Å². The first-order valence-electron chi connectivity index (χ1n) is 24.4. The maximum atomic E-state index is 12.1. The van der Waals surface area contributed by atoms with Gasteiger partial charge in [0.15, 0.2) is 0 Å². The summed E-state index contributed by atoms with van der Waals surface area (Å²) < 4.78 is 26.9. The summed E-state index contributed by atoms with van der Waals surface area (Å²) in [4.78, 5) is 34.0. The SMILES string of the molecule is CCCCC/C=C\C/C=C\C/C=C\C/C=C\CCCCCCCC(=O)OCC(O)COP(=O)(O)OCCNC(=O)CCCCCCCCCCC/C=C\C/C=C\CCCCC. The van der Waals surface area contributed by atoms with E-state index in [0.717, 1.165) is 77.0 Å². The fourth-order valence-corrected chi connectivity index (χ4v) is 7.15. The normalized spacial score (nSPS) is 13.8. The van der Waals surface area contributed by atoms with Crippen molar-refractivity contribution in [1.29, 1.82) is 0 Å². The van der Waals surface area contributed by atoms with Crippen LogP contribution < -0.4 is 5.32 Å². The molecule has 0 aromatic carbocycles. The number of aliphatic hydroxyl groups excluding tert-OH is 1. The summed E-state index contributed by atoms with van der Waals surface area (Å²) in [5, 5.41) is 12.7. The van der Waals surface area contributed by atoms with Gasteiger partial charge in [-0.1, -0.05) is 177 Å². The summed E-state index contributed by atoms with van der Waals surface area (Å²) in [6.45, 7) is 3.48. The lowest BCUT2D eigenvalue weighted by atomic mass is 10.1. The summed E-state index contributed by atoms with van der Waals surface area (Å²) in [6, 6.07) is 0. The number of rotatable bonds is 45. The average molecular weight is 876 g/mol. The van der Waals surface area contributed by atoms with Crippen molar-refractivity contribution in [2.24, 2.45) is 0 Å². The average Bonchev–Trinajstić information content (AvgIpc) is 3.25. The van der Waals surface area contributed by atoms with Gasteiger partial charge >= 0.3 is 13.8 Å². The van der Waals surface area contributed by atoms with E-state index in [4.69, 9.17) is 13.8 Å². The minimum Gasteiger partial charge on any atom is -0.463 e. The molecule has 2 atom stereocenters. The molecule has 0 bridgehead atoms. The van der Waals surface area contributed by atoms with Crippen molar-refractivity contribution >= 4 is 19.7 Å². The molecular weight excluding hydrogens is 786 g/mol. The molecule has 0 heterocycles. The smallest absolute Gasteiger partial charge is 0.463 e. The maximum absolute atomic E-state index is 12.1. The Morgan fingerprint density at radius 2 is 0.885 bits per heavy atom. The number of hydrogen-bond acceptors (Lipinski definition) is 7. The van der Waals surface area contributed by atoms with Crippen LogP contribution in [-0.2, 0) is 27.9 Å². The first-order chi connectivity index (χ1) is 29.8. The lowest BCUT2D eigenvalue weighted by molar-refractivity contribution is -0.147. The lowest BCUT2D eigenvalue weighted by Crippen LogP contribution is -2.27. The fraction of sp³-hybridized carbons (Fsp3) is 0.725. The zero-order chi connectivity index (χ0) is 44.6. The predicted octanol–water partition coefficient (Wildman–Crippen LogP) is 14.2. The molecule has 0 fully saturated rings. The molecule has 0 aliphatic heterocycles. The molecule has 9 nitrogen and oxygen atoms in total. The summed E-state index contributed by atoms with van der Waals surface area (Å²) in [5.74, 6) is -0.541. The molecule has 1 amide bonds. The quantitative estimate of drug-likeness (QED) is 0.0239. The largest absolute Gasteiger partial charge is 0.472 e. The number of phosphoric acid groups is 1. The lowest BCUT2D eigenvalue weighted by Gasteiger charge is -2.15. The molecule has 0 saturated heterocycles. The standard InChI is InChI=1S/C51H90NO8P/c1-3-5-7-9-11-13-15-17-19-21-23-24-26-28-30-32-34-36-38-40-42-44-51(55)58-47-49(53)48-60-61(56,57)59-46-45-52-50(54)43-41-39-37-35-33-31-29-27-25-22-20-18-16-14-12-10-8-6-4-2/h11-14,17-20,23-24,28,30,49,53H,3-10,15-16,21-22,25-27,29,31-48H2,1-2H3,(H,52,54)(H,56,57)/b13-11-,14-12-,19-17-,20-18-,24-23-,30-28-. The van der Waals surface area contributed by atoms with Crippen LogP contribution in [-0.4, -0.2) is 54.3 Å². The Morgan fingerprint density at radius 1 is 0.508 bits per heavy atom. The molecular formula is C51H90NO8P. The van der Waals surface area contributed by atoms with Crippen LogP contribution >= 0.6 is 7.82 Å². The number of phosphoric ester groups is 1. The zero-order valence-electron chi connectivity index (χ0n) is 38.8. The van der Waals surface area contributed by atoms with Crippen molar-refractivity contribution in [3.8, 4) is 0 Å². The highest BCUT2D eigenvalue weighted by atomic mass is 31.2. The highest BCUT2D eigenvalue weighted by molar-refractivity contribution is 7.47. The van der Waals surface area contributed by atoms with Gasteiger partial charge in [-0.3, -0.25) is 18.6 Å². The third kappa shape index (κ3) is 48.3. The van der Waals surface area contributed by atoms with Gasteiger partial charge in [0.1, 0.15) is 12.7 Å². The Morgan fingerprint density at radius 3 is 1.33 bits per heavy atom. The Labute approximate surface area is 373 Å². The second-order valence-electron chi connectivity index (χ2n) is 16.1. The maximum Gasteiger partial charge on any atom is 0.472 e. The van der Waals surface area contributed by atoms with E-state index in [1.54, 1.807) is 0 Å². The molecule has 0 aliphatic carbocycles. The first kappa shape index (κ1) is 58.5. The van der Waals surface area contributed by atoms with Crippen LogP contribution in [0.4, 0.5) is 0 Å². The number of nitrogens with one attached hydrogen (secondary N) is 1.